The summed E-state index contributed by atoms with van der Waals surface area (Å²) in [5, 5.41) is 3.32. The number of anilines is 1. The molecule has 0 bridgehead atoms. The number of rotatable bonds is 4. The van der Waals surface area contributed by atoms with Crippen molar-refractivity contribution in [2.45, 2.75) is 58.9 Å². The van der Waals surface area contributed by atoms with E-state index in [0.717, 1.165) is 49.2 Å². The van der Waals surface area contributed by atoms with Crippen molar-refractivity contribution < 1.29 is 4.79 Å². The van der Waals surface area contributed by atoms with Crippen LogP contribution < -0.4 is 5.32 Å². The Hall–Kier alpha value is -1.51. The smallest absolute Gasteiger partial charge is 0.256 e. The van der Waals surface area contributed by atoms with Crippen molar-refractivity contribution >= 4 is 11.6 Å². The molecule has 1 fully saturated rings. The molecule has 1 aliphatic rings. The van der Waals surface area contributed by atoms with Crippen LogP contribution in [0.4, 0.5) is 5.69 Å². The van der Waals surface area contributed by atoms with E-state index in [1.165, 1.54) is 12.8 Å². The summed E-state index contributed by atoms with van der Waals surface area (Å²) in [5.74, 6) is 0.198. The second-order valence-electron chi connectivity index (χ2n) is 5.99. The van der Waals surface area contributed by atoms with Crippen LogP contribution in [0, 0.1) is 6.92 Å². The second-order valence-corrected chi connectivity index (χ2v) is 5.99. The van der Waals surface area contributed by atoms with Crippen LogP contribution >= 0.6 is 0 Å². The second kappa shape index (κ2) is 7.48. The lowest BCUT2D eigenvalue weighted by molar-refractivity contribution is 0.0679. The van der Waals surface area contributed by atoms with Crippen molar-refractivity contribution in [3.05, 3.63) is 29.3 Å². The third-order valence-corrected chi connectivity index (χ3v) is 4.38. The summed E-state index contributed by atoms with van der Waals surface area (Å²) in [6, 6.07) is 6.52. The highest BCUT2D eigenvalue weighted by Gasteiger charge is 2.26. The van der Waals surface area contributed by atoms with Crippen LogP contribution in [0.5, 0.6) is 0 Å². The zero-order valence-corrected chi connectivity index (χ0v) is 13.6. The summed E-state index contributed by atoms with van der Waals surface area (Å²) in [7, 11) is 0. The first-order chi connectivity index (χ1) is 10.2. The van der Waals surface area contributed by atoms with Gasteiger partial charge in [-0.3, -0.25) is 4.79 Å². The topological polar surface area (TPSA) is 32.3 Å². The maximum absolute atomic E-state index is 13.1. The third kappa shape index (κ3) is 3.78. The minimum absolute atomic E-state index is 0.198. The van der Waals surface area contributed by atoms with Gasteiger partial charge >= 0.3 is 0 Å². The molecule has 0 aliphatic carbocycles. The van der Waals surface area contributed by atoms with Gasteiger partial charge in [-0.2, -0.15) is 0 Å². The summed E-state index contributed by atoms with van der Waals surface area (Å²) in [6.45, 7) is 8.04. The van der Waals surface area contributed by atoms with Crippen LogP contribution in [0.25, 0.3) is 0 Å². The van der Waals surface area contributed by atoms with Gasteiger partial charge in [-0.05, 0) is 45.2 Å². The Kier molecular flexibility index (Phi) is 5.66. The molecule has 1 amide bonds. The molecule has 1 unspecified atom stereocenters. The monoisotopic (exact) mass is 288 g/mol. The van der Waals surface area contributed by atoms with Gasteiger partial charge in [-0.15, -0.1) is 0 Å². The molecule has 1 aliphatic heterocycles. The number of nitrogens with one attached hydrogen (secondary N) is 1. The van der Waals surface area contributed by atoms with Gasteiger partial charge in [0.05, 0.1) is 5.56 Å². The summed E-state index contributed by atoms with van der Waals surface area (Å²) >= 11 is 0. The number of amides is 1. The number of benzene rings is 1. The summed E-state index contributed by atoms with van der Waals surface area (Å²) in [4.78, 5) is 15.2. The van der Waals surface area contributed by atoms with Gasteiger partial charge in [0.1, 0.15) is 0 Å². The molecule has 1 heterocycles. The summed E-state index contributed by atoms with van der Waals surface area (Å²) in [5.41, 5.74) is 2.94. The first-order valence-corrected chi connectivity index (χ1v) is 8.32. The van der Waals surface area contributed by atoms with E-state index >= 15 is 0 Å². The van der Waals surface area contributed by atoms with E-state index in [2.05, 4.69) is 30.1 Å². The molecule has 21 heavy (non-hydrogen) atoms. The number of aryl methyl sites for hydroxylation is 1. The molecule has 1 aromatic carbocycles. The Morgan fingerprint density at radius 3 is 2.81 bits per heavy atom. The molecule has 3 nitrogen and oxygen atoms in total. The van der Waals surface area contributed by atoms with E-state index in [-0.39, 0.29) is 5.91 Å². The molecule has 2 rings (SSSR count). The number of carbonyl (C=O) groups is 1. The highest BCUT2D eigenvalue weighted by atomic mass is 16.2. The van der Waals surface area contributed by atoms with Gasteiger partial charge < -0.3 is 10.2 Å². The van der Waals surface area contributed by atoms with E-state index in [1.54, 1.807) is 0 Å². The minimum atomic E-state index is 0.198. The number of carbonyl (C=O) groups excluding carboxylic acids is 1. The average molecular weight is 288 g/mol. The Bertz CT molecular complexity index is 484. The van der Waals surface area contributed by atoms with Crippen molar-refractivity contribution in [2.75, 3.05) is 18.4 Å². The van der Waals surface area contributed by atoms with Gasteiger partial charge in [-0.25, -0.2) is 0 Å². The van der Waals surface area contributed by atoms with E-state index < -0.39 is 0 Å². The maximum Gasteiger partial charge on any atom is 0.256 e. The Morgan fingerprint density at radius 1 is 1.29 bits per heavy atom. The average Bonchev–Trinajstić information content (AvgIpc) is 2.73. The van der Waals surface area contributed by atoms with E-state index in [4.69, 9.17) is 0 Å². The Labute approximate surface area is 128 Å². The van der Waals surface area contributed by atoms with Gasteiger partial charge in [0, 0.05) is 24.8 Å². The molecule has 1 atom stereocenters. The van der Waals surface area contributed by atoms with Gasteiger partial charge in [0.2, 0.25) is 0 Å². The molecule has 1 saturated heterocycles. The SMILES string of the molecule is CCNc1ccc(C)cc1C(=O)N1CCCCCC1CC. The number of likely N-dealkylation sites (tertiary alicyclic amines) is 1. The molecule has 0 spiro atoms. The summed E-state index contributed by atoms with van der Waals surface area (Å²) in [6.07, 6.45) is 5.81. The van der Waals surface area contributed by atoms with Gasteiger partial charge in [0.25, 0.3) is 5.91 Å². The molecule has 0 saturated carbocycles. The first kappa shape index (κ1) is 15.9. The molecule has 0 aromatic heterocycles. The lowest BCUT2D eigenvalue weighted by Gasteiger charge is -2.30. The highest BCUT2D eigenvalue weighted by Crippen LogP contribution is 2.25. The van der Waals surface area contributed by atoms with Crippen LogP contribution in [0.15, 0.2) is 18.2 Å². The molecule has 1 aromatic rings. The molecular weight excluding hydrogens is 260 g/mol. The fourth-order valence-electron chi connectivity index (χ4n) is 3.20. The highest BCUT2D eigenvalue weighted by molar-refractivity contribution is 6.00. The standard InChI is InChI=1S/C18H28N2O/c1-4-15-9-7-6-8-12-20(15)18(21)16-13-14(3)10-11-17(16)19-5-2/h10-11,13,15,19H,4-9,12H2,1-3H3. The summed E-state index contributed by atoms with van der Waals surface area (Å²) < 4.78 is 0. The van der Waals surface area contributed by atoms with Gasteiger partial charge in [-0.1, -0.05) is 31.4 Å². The number of hydrogen-bond acceptors (Lipinski definition) is 2. The van der Waals surface area contributed by atoms with Crippen LogP contribution in [-0.2, 0) is 0 Å². The van der Waals surface area contributed by atoms with Crippen molar-refractivity contribution in [3.8, 4) is 0 Å². The van der Waals surface area contributed by atoms with Crippen LogP contribution in [0.2, 0.25) is 0 Å². The van der Waals surface area contributed by atoms with E-state index in [0.29, 0.717) is 6.04 Å². The first-order valence-electron chi connectivity index (χ1n) is 8.32. The fourth-order valence-corrected chi connectivity index (χ4v) is 3.20. The van der Waals surface area contributed by atoms with Crippen LogP contribution in [0.3, 0.4) is 0 Å². The number of hydrogen-bond donors (Lipinski definition) is 1. The molecule has 116 valence electrons. The Morgan fingerprint density at radius 2 is 2.10 bits per heavy atom. The van der Waals surface area contributed by atoms with Crippen LogP contribution in [-0.4, -0.2) is 29.9 Å². The van der Waals surface area contributed by atoms with Crippen molar-refractivity contribution in [3.63, 3.8) is 0 Å². The normalized spacial score (nSPS) is 19.2. The lowest BCUT2D eigenvalue weighted by atomic mass is 10.0. The minimum Gasteiger partial charge on any atom is -0.385 e. The van der Waals surface area contributed by atoms with Crippen molar-refractivity contribution in [1.29, 1.82) is 0 Å². The Balaban J connectivity index is 2.30. The van der Waals surface area contributed by atoms with Gasteiger partial charge in [0.15, 0.2) is 0 Å². The molecule has 3 heteroatoms. The zero-order valence-electron chi connectivity index (χ0n) is 13.6. The maximum atomic E-state index is 13.1. The number of nitrogens with zero attached hydrogens (tertiary/aromatic N) is 1. The zero-order chi connectivity index (χ0) is 15.2. The quantitative estimate of drug-likeness (QED) is 0.899. The van der Waals surface area contributed by atoms with Crippen LogP contribution in [0.1, 0.15) is 61.9 Å². The predicted molar refractivity (Wildman–Crippen MR) is 88.9 cm³/mol. The predicted octanol–water partition coefficient (Wildman–Crippen LogP) is 4.22. The van der Waals surface area contributed by atoms with E-state index in [9.17, 15) is 4.79 Å². The molecule has 0 radical (unpaired) electrons. The molecular formula is C18H28N2O. The van der Waals surface area contributed by atoms with E-state index in [1.807, 2.05) is 19.1 Å². The lowest BCUT2D eigenvalue weighted by Crippen LogP contribution is -2.40. The third-order valence-electron chi connectivity index (χ3n) is 4.38. The fraction of sp³-hybridized carbons (Fsp3) is 0.611. The molecule has 1 N–H and O–H groups in total. The largest absolute Gasteiger partial charge is 0.385 e. The van der Waals surface area contributed by atoms with Crippen molar-refractivity contribution in [1.82, 2.24) is 4.90 Å². The van der Waals surface area contributed by atoms with Crippen molar-refractivity contribution in [2.24, 2.45) is 0 Å².